The predicted molar refractivity (Wildman–Crippen MR) is 122 cm³/mol. The summed E-state index contributed by atoms with van der Waals surface area (Å²) in [5.74, 6) is 0. The minimum Gasteiger partial charge on any atom is -0.399 e. The summed E-state index contributed by atoms with van der Waals surface area (Å²) in [7, 11) is 0. The van der Waals surface area contributed by atoms with E-state index in [0.717, 1.165) is 39.1 Å². The molecule has 4 aromatic rings. The zero-order valence-electron chi connectivity index (χ0n) is 15.0. The zero-order valence-corrected chi connectivity index (χ0v) is 16.5. The molecule has 0 aliphatic heterocycles. The summed E-state index contributed by atoms with van der Waals surface area (Å²) in [4.78, 5) is 0. The lowest BCUT2D eigenvalue weighted by atomic mass is 9.86. The summed E-state index contributed by atoms with van der Waals surface area (Å²) >= 11 is 12.6. The maximum Gasteiger partial charge on any atom is 0.0412 e. The molecular weight excluding hydrogens is 387 g/mol. The van der Waals surface area contributed by atoms with Gasteiger partial charge in [0.2, 0.25) is 0 Å². The van der Waals surface area contributed by atoms with E-state index in [9.17, 15) is 0 Å². The van der Waals surface area contributed by atoms with E-state index in [1.165, 1.54) is 0 Å². The van der Waals surface area contributed by atoms with Crippen molar-refractivity contribution in [3.05, 3.63) is 95.0 Å². The number of hydrogen-bond donors (Lipinski definition) is 2. The van der Waals surface area contributed by atoms with Crippen LogP contribution in [0.5, 0.6) is 0 Å². The fraction of sp³-hybridized carbons (Fsp3) is 0. The van der Waals surface area contributed by atoms with Gasteiger partial charge in [0.05, 0.1) is 0 Å². The van der Waals surface area contributed by atoms with Gasteiger partial charge >= 0.3 is 0 Å². The minimum atomic E-state index is 0.659. The Morgan fingerprint density at radius 1 is 0.536 bits per heavy atom. The molecule has 0 amide bonds. The topological polar surface area (TPSA) is 52.0 Å². The number of anilines is 2. The van der Waals surface area contributed by atoms with Gasteiger partial charge in [-0.25, -0.2) is 0 Å². The Morgan fingerprint density at radius 2 is 1.11 bits per heavy atom. The number of nitrogens with two attached hydrogens (primary N) is 2. The molecule has 0 saturated heterocycles. The molecule has 0 heterocycles. The summed E-state index contributed by atoms with van der Waals surface area (Å²) in [6.45, 7) is 0. The molecule has 0 unspecified atom stereocenters. The van der Waals surface area contributed by atoms with Gasteiger partial charge in [-0.1, -0.05) is 65.7 Å². The first kappa shape index (κ1) is 18.4. The second-order valence-electron chi connectivity index (χ2n) is 6.60. The van der Waals surface area contributed by atoms with Crippen molar-refractivity contribution in [1.82, 2.24) is 0 Å². The number of rotatable bonds is 3. The summed E-state index contributed by atoms with van der Waals surface area (Å²) in [5.41, 5.74) is 19.7. The third kappa shape index (κ3) is 3.57. The molecule has 0 bridgehead atoms. The van der Waals surface area contributed by atoms with Crippen LogP contribution >= 0.6 is 23.2 Å². The van der Waals surface area contributed by atoms with E-state index in [1.807, 2.05) is 84.9 Å². The molecule has 28 heavy (non-hydrogen) atoms. The van der Waals surface area contributed by atoms with E-state index in [0.29, 0.717) is 15.7 Å². The van der Waals surface area contributed by atoms with Gasteiger partial charge in [0, 0.05) is 27.0 Å². The van der Waals surface area contributed by atoms with Gasteiger partial charge in [0.25, 0.3) is 0 Å². The highest BCUT2D eigenvalue weighted by atomic mass is 35.5. The monoisotopic (exact) mass is 404 g/mol. The van der Waals surface area contributed by atoms with Gasteiger partial charge in [0.15, 0.2) is 0 Å². The lowest BCUT2D eigenvalue weighted by molar-refractivity contribution is 1.55. The van der Waals surface area contributed by atoms with E-state index >= 15 is 0 Å². The Bertz CT molecular complexity index is 1150. The van der Waals surface area contributed by atoms with E-state index in [1.54, 1.807) is 0 Å². The van der Waals surface area contributed by atoms with Gasteiger partial charge in [-0.3, -0.25) is 0 Å². The van der Waals surface area contributed by atoms with E-state index in [-0.39, 0.29) is 0 Å². The second kappa shape index (κ2) is 7.59. The van der Waals surface area contributed by atoms with Crippen molar-refractivity contribution in [1.29, 1.82) is 0 Å². The van der Waals surface area contributed by atoms with E-state index < -0.39 is 0 Å². The SMILES string of the molecule is Nc1ccc(-c2ccc(N)c(-c3cccc(Cl)c3)c2-c2cccc(Cl)c2)cc1. The maximum atomic E-state index is 6.45. The molecule has 4 N–H and O–H groups in total. The molecule has 0 atom stereocenters. The van der Waals surface area contributed by atoms with Crippen molar-refractivity contribution in [2.75, 3.05) is 11.5 Å². The van der Waals surface area contributed by atoms with Crippen molar-refractivity contribution in [2.45, 2.75) is 0 Å². The summed E-state index contributed by atoms with van der Waals surface area (Å²) in [5, 5.41) is 1.33. The van der Waals surface area contributed by atoms with Gasteiger partial charge in [-0.15, -0.1) is 0 Å². The van der Waals surface area contributed by atoms with Crippen LogP contribution in [-0.4, -0.2) is 0 Å². The van der Waals surface area contributed by atoms with Crippen LogP contribution in [0.4, 0.5) is 11.4 Å². The highest BCUT2D eigenvalue weighted by molar-refractivity contribution is 6.31. The fourth-order valence-corrected chi connectivity index (χ4v) is 3.80. The second-order valence-corrected chi connectivity index (χ2v) is 7.47. The molecule has 0 aromatic heterocycles. The molecule has 0 saturated carbocycles. The average molecular weight is 405 g/mol. The van der Waals surface area contributed by atoms with Crippen LogP contribution < -0.4 is 11.5 Å². The van der Waals surface area contributed by atoms with Crippen LogP contribution in [0.1, 0.15) is 0 Å². The molecule has 4 rings (SSSR count). The quantitative estimate of drug-likeness (QED) is 0.355. The summed E-state index contributed by atoms with van der Waals surface area (Å²) in [6, 6.07) is 27.3. The Morgan fingerprint density at radius 3 is 1.68 bits per heavy atom. The Kier molecular flexibility index (Phi) is 4.99. The van der Waals surface area contributed by atoms with E-state index in [4.69, 9.17) is 34.7 Å². The smallest absolute Gasteiger partial charge is 0.0412 e. The van der Waals surface area contributed by atoms with Crippen molar-refractivity contribution < 1.29 is 0 Å². The minimum absolute atomic E-state index is 0.659. The van der Waals surface area contributed by atoms with Crippen LogP contribution in [0, 0.1) is 0 Å². The molecule has 0 radical (unpaired) electrons. The summed E-state index contributed by atoms with van der Waals surface area (Å²) < 4.78 is 0. The van der Waals surface area contributed by atoms with Crippen LogP contribution in [0.15, 0.2) is 84.9 Å². The molecule has 4 heteroatoms. The molecule has 0 aliphatic rings. The normalized spacial score (nSPS) is 10.8. The van der Waals surface area contributed by atoms with Crippen molar-refractivity contribution in [3.63, 3.8) is 0 Å². The Balaban J connectivity index is 2.08. The Hall–Kier alpha value is -2.94. The summed E-state index contributed by atoms with van der Waals surface area (Å²) in [6.07, 6.45) is 0. The predicted octanol–water partition coefficient (Wildman–Crippen LogP) is 7.16. The molecule has 4 aromatic carbocycles. The standard InChI is InChI=1S/C24H18Cl2N2/c25-18-5-1-3-16(13-18)23-21(15-7-9-20(27)10-8-15)11-12-22(28)24(23)17-4-2-6-19(26)14-17/h1-14H,27-28H2. The first-order valence-corrected chi connectivity index (χ1v) is 9.59. The van der Waals surface area contributed by atoms with Crippen molar-refractivity contribution in [3.8, 4) is 33.4 Å². The first-order valence-electron chi connectivity index (χ1n) is 8.83. The molecule has 0 fully saturated rings. The molecular formula is C24H18Cl2N2. The first-order chi connectivity index (χ1) is 13.5. The van der Waals surface area contributed by atoms with Crippen LogP contribution in [0.3, 0.4) is 0 Å². The van der Waals surface area contributed by atoms with Crippen LogP contribution in [-0.2, 0) is 0 Å². The molecule has 0 spiro atoms. The van der Waals surface area contributed by atoms with Crippen molar-refractivity contribution in [2.24, 2.45) is 0 Å². The van der Waals surface area contributed by atoms with E-state index in [2.05, 4.69) is 0 Å². The fourth-order valence-electron chi connectivity index (χ4n) is 3.42. The third-order valence-electron chi connectivity index (χ3n) is 4.69. The van der Waals surface area contributed by atoms with Gasteiger partial charge < -0.3 is 11.5 Å². The lowest BCUT2D eigenvalue weighted by Gasteiger charge is -2.19. The average Bonchev–Trinajstić information content (AvgIpc) is 2.68. The third-order valence-corrected chi connectivity index (χ3v) is 5.16. The Labute approximate surface area is 174 Å². The number of nitrogen functional groups attached to an aromatic ring is 2. The van der Waals surface area contributed by atoms with Gasteiger partial charge in [0.1, 0.15) is 0 Å². The highest BCUT2D eigenvalue weighted by Gasteiger charge is 2.17. The largest absolute Gasteiger partial charge is 0.399 e. The van der Waals surface area contributed by atoms with Crippen LogP contribution in [0.25, 0.3) is 33.4 Å². The number of hydrogen-bond acceptors (Lipinski definition) is 2. The van der Waals surface area contributed by atoms with Crippen molar-refractivity contribution >= 4 is 34.6 Å². The van der Waals surface area contributed by atoms with Gasteiger partial charge in [-0.05, 0) is 70.3 Å². The number of benzene rings is 4. The highest BCUT2D eigenvalue weighted by Crippen LogP contribution is 2.44. The zero-order chi connectivity index (χ0) is 19.7. The number of halogens is 2. The van der Waals surface area contributed by atoms with Gasteiger partial charge in [-0.2, -0.15) is 0 Å². The maximum absolute atomic E-state index is 6.45. The molecule has 0 aliphatic carbocycles. The molecule has 138 valence electrons. The van der Waals surface area contributed by atoms with Crippen LogP contribution in [0.2, 0.25) is 10.0 Å². The molecule has 2 nitrogen and oxygen atoms in total. The lowest BCUT2D eigenvalue weighted by Crippen LogP contribution is -1.97.